The number of unbranched alkanes of at least 4 members (excludes halogenated alkanes) is 52. The van der Waals surface area contributed by atoms with Gasteiger partial charge in [0.2, 0.25) is 0 Å². The first-order chi connectivity index (χ1) is 44.0. The van der Waals surface area contributed by atoms with Crippen LogP contribution >= 0.6 is 7.82 Å². The predicted molar refractivity (Wildman–Crippen MR) is 388 cm³/mol. The van der Waals surface area contributed by atoms with E-state index in [2.05, 4.69) is 62.5 Å². The Labute approximate surface area is 560 Å². The summed E-state index contributed by atoms with van der Waals surface area (Å²) in [5, 5.41) is 0. The molecule has 0 bridgehead atoms. The summed E-state index contributed by atoms with van der Waals surface area (Å²) in [5.74, 6) is -0.813. The molecule has 90 heavy (non-hydrogen) atoms. The lowest BCUT2D eigenvalue weighted by Gasteiger charge is -2.28. The van der Waals surface area contributed by atoms with Crippen LogP contribution in [0, 0.1) is 0 Å². The second kappa shape index (κ2) is 71.3. The molecular weight excluding hydrogens is 1130 g/mol. The fraction of sp³-hybridized carbons (Fsp3) is 0.875. The van der Waals surface area contributed by atoms with Crippen molar-refractivity contribution in [2.24, 2.45) is 0 Å². The zero-order valence-electron chi connectivity index (χ0n) is 60.6. The van der Waals surface area contributed by atoms with Gasteiger partial charge in [-0.15, -0.1) is 0 Å². The predicted octanol–water partition coefficient (Wildman–Crippen LogP) is 25.3. The third-order valence-electron chi connectivity index (χ3n) is 17.8. The maximum absolute atomic E-state index is 12.9. The average molecular weight is 1290 g/mol. The average Bonchev–Trinajstić information content (AvgIpc) is 3.62. The van der Waals surface area contributed by atoms with Crippen molar-refractivity contribution >= 4 is 19.8 Å². The summed E-state index contributed by atoms with van der Waals surface area (Å²) < 4.78 is 34.4. The number of likely N-dealkylation sites (N-methyl/N-ethyl adjacent to an activating group) is 1. The fourth-order valence-corrected chi connectivity index (χ4v) is 12.5. The highest BCUT2D eigenvalue weighted by molar-refractivity contribution is 7.45. The van der Waals surface area contributed by atoms with Gasteiger partial charge in [0.25, 0.3) is 7.82 Å². The minimum absolute atomic E-state index is 0.0286. The van der Waals surface area contributed by atoms with E-state index < -0.39 is 26.5 Å². The molecule has 0 saturated carbocycles. The lowest BCUT2D eigenvalue weighted by Crippen LogP contribution is -2.37. The van der Waals surface area contributed by atoms with Crippen molar-refractivity contribution < 1.29 is 42.1 Å². The third-order valence-corrected chi connectivity index (χ3v) is 18.8. The number of hydrogen-bond donors (Lipinski definition) is 0. The standard InChI is InChI=1S/C80H152NO8P/c1-6-8-10-12-14-16-18-20-22-24-26-28-30-32-33-34-35-36-37-38-39-40-41-42-43-44-45-46-47-49-51-53-55-57-59-61-63-65-67-69-71-73-80(83)89-78(77-88-90(84,85)87-75-74-81(3,4)5)76-86-79(82)72-70-68-66-64-62-60-58-56-54-52-50-48-31-29-27-25-23-21-19-17-15-13-11-9-7-2/h18-21,24-27,78H,6-17,22-23,28-77H2,1-5H3/b20-18-,21-19-,26-24-,27-25-. The van der Waals surface area contributed by atoms with Gasteiger partial charge >= 0.3 is 11.9 Å². The van der Waals surface area contributed by atoms with Crippen molar-refractivity contribution in [1.82, 2.24) is 0 Å². The molecular formula is C80H152NO8P. The molecule has 0 heterocycles. The Kier molecular flexibility index (Phi) is 69.7. The van der Waals surface area contributed by atoms with Crippen LogP contribution in [0.3, 0.4) is 0 Å². The quantitative estimate of drug-likeness (QED) is 0.0195. The SMILES string of the molecule is CCCCCCC/C=C\C/C=C\CCCCCCCCCCCCCCCCCCCCCCCCCCCCCCCC(=O)OC(COC(=O)CCCCCCCCCCCCCCC/C=C\C/C=C\CCCCCCC)COP(=O)([O-])OCC[N+](C)(C)C. The molecule has 2 atom stereocenters. The minimum Gasteiger partial charge on any atom is -0.756 e. The van der Waals surface area contributed by atoms with E-state index in [0.29, 0.717) is 17.4 Å². The number of allylic oxidation sites excluding steroid dienone is 8. The minimum atomic E-state index is -4.64. The molecule has 2 unspecified atom stereocenters. The van der Waals surface area contributed by atoms with Crippen molar-refractivity contribution in [3.05, 3.63) is 48.6 Å². The number of phosphoric acid groups is 1. The van der Waals surface area contributed by atoms with E-state index in [1.807, 2.05) is 21.1 Å². The first-order valence-electron chi connectivity index (χ1n) is 39.3. The van der Waals surface area contributed by atoms with E-state index in [-0.39, 0.29) is 32.0 Å². The van der Waals surface area contributed by atoms with Crippen molar-refractivity contribution in [2.75, 3.05) is 47.5 Å². The summed E-state index contributed by atoms with van der Waals surface area (Å²) >= 11 is 0. The first-order valence-corrected chi connectivity index (χ1v) is 40.8. The van der Waals surface area contributed by atoms with Gasteiger partial charge in [0, 0.05) is 12.8 Å². The number of quaternary nitrogens is 1. The summed E-state index contributed by atoms with van der Waals surface area (Å²) in [4.78, 5) is 38.1. The molecule has 0 spiro atoms. The molecule has 0 aliphatic heterocycles. The van der Waals surface area contributed by atoms with Crippen LogP contribution in [-0.2, 0) is 32.7 Å². The van der Waals surface area contributed by atoms with Crippen molar-refractivity contribution in [3.8, 4) is 0 Å². The zero-order chi connectivity index (χ0) is 65.5. The Bertz CT molecular complexity index is 1660. The van der Waals surface area contributed by atoms with Crippen LogP contribution < -0.4 is 4.89 Å². The van der Waals surface area contributed by atoms with E-state index >= 15 is 0 Å². The number of rotatable bonds is 74. The van der Waals surface area contributed by atoms with Gasteiger partial charge in [-0.3, -0.25) is 14.2 Å². The molecule has 0 aromatic carbocycles. The van der Waals surface area contributed by atoms with Gasteiger partial charge in [-0.05, 0) is 77.0 Å². The van der Waals surface area contributed by atoms with Gasteiger partial charge in [0.1, 0.15) is 19.8 Å². The molecule has 0 aromatic heterocycles. The number of hydrogen-bond acceptors (Lipinski definition) is 8. The fourth-order valence-electron chi connectivity index (χ4n) is 11.8. The summed E-state index contributed by atoms with van der Waals surface area (Å²) in [6.07, 6.45) is 93.8. The first kappa shape index (κ1) is 88.0. The Morgan fingerprint density at radius 3 is 0.878 bits per heavy atom. The van der Waals surface area contributed by atoms with Crippen LogP contribution in [0.1, 0.15) is 399 Å². The number of ether oxygens (including phenoxy) is 2. The molecule has 530 valence electrons. The molecule has 9 nitrogen and oxygen atoms in total. The summed E-state index contributed by atoms with van der Waals surface area (Å²) in [6.45, 7) is 4.29. The van der Waals surface area contributed by atoms with Crippen molar-refractivity contribution in [2.45, 2.75) is 405 Å². The number of carbonyl (C=O) groups excluding carboxylic acids is 2. The van der Waals surface area contributed by atoms with Crippen molar-refractivity contribution in [3.63, 3.8) is 0 Å². The van der Waals surface area contributed by atoms with Gasteiger partial charge in [0.05, 0.1) is 27.7 Å². The molecule has 0 N–H and O–H groups in total. The van der Waals surface area contributed by atoms with E-state index in [9.17, 15) is 19.0 Å². The molecule has 0 aliphatic carbocycles. The lowest BCUT2D eigenvalue weighted by molar-refractivity contribution is -0.870. The Balaban J connectivity index is 3.88. The van der Waals surface area contributed by atoms with E-state index in [4.69, 9.17) is 18.5 Å². The molecule has 0 amide bonds. The number of carbonyl (C=O) groups is 2. The highest BCUT2D eigenvalue weighted by Crippen LogP contribution is 2.38. The molecule has 0 radical (unpaired) electrons. The number of phosphoric ester groups is 1. The molecule has 10 heteroatoms. The van der Waals surface area contributed by atoms with Crippen LogP contribution in [-0.4, -0.2) is 70.0 Å². The molecule has 0 fully saturated rings. The third kappa shape index (κ3) is 75.0. The molecule has 0 saturated heterocycles. The van der Waals surface area contributed by atoms with Gasteiger partial charge in [-0.1, -0.05) is 358 Å². The van der Waals surface area contributed by atoms with Gasteiger partial charge in [0.15, 0.2) is 6.10 Å². The van der Waals surface area contributed by atoms with E-state index in [0.717, 1.165) is 44.9 Å². The number of nitrogens with zero attached hydrogens (tertiary/aromatic N) is 1. The molecule has 0 aliphatic rings. The second-order valence-corrected chi connectivity index (χ2v) is 29.5. The van der Waals surface area contributed by atoms with Crippen molar-refractivity contribution in [1.29, 1.82) is 0 Å². The summed E-state index contributed by atoms with van der Waals surface area (Å²) in [7, 11) is 1.19. The van der Waals surface area contributed by atoms with Crippen LogP contribution in [0.2, 0.25) is 0 Å². The Hall–Kier alpha value is -2.03. The smallest absolute Gasteiger partial charge is 0.306 e. The van der Waals surface area contributed by atoms with Crippen LogP contribution in [0.4, 0.5) is 0 Å². The highest BCUT2D eigenvalue weighted by atomic mass is 31.2. The second-order valence-electron chi connectivity index (χ2n) is 28.1. The van der Waals surface area contributed by atoms with Gasteiger partial charge in [-0.2, -0.15) is 0 Å². The monoisotopic (exact) mass is 1290 g/mol. The molecule has 0 aromatic rings. The maximum atomic E-state index is 12.9. The van der Waals surface area contributed by atoms with Crippen LogP contribution in [0.15, 0.2) is 48.6 Å². The van der Waals surface area contributed by atoms with Gasteiger partial charge < -0.3 is 27.9 Å². The normalized spacial score (nSPS) is 13.3. The van der Waals surface area contributed by atoms with Crippen LogP contribution in [0.5, 0.6) is 0 Å². The zero-order valence-corrected chi connectivity index (χ0v) is 61.5. The molecule has 0 rings (SSSR count). The maximum Gasteiger partial charge on any atom is 0.306 e. The van der Waals surface area contributed by atoms with Gasteiger partial charge in [-0.25, -0.2) is 0 Å². The van der Waals surface area contributed by atoms with E-state index in [1.165, 1.54) is 321 Å². The summed E-state index contributed by atoms with van der Waals surface area (Å²) in [6, 6.07) is 0. The Morgan fingerprint density at radius 1 is 0.344 bits per heavy atom. The van der Waals surface area contributed by atoms with Crippen LogP contribution in [0.25, 0.3) is 0 Å². The topological polar surface area (TPSA) is 111 Å². The highest BCUT2D eigenvalue weighted by Gasteiger charge is 2.22. The summed E-state index contributed by atoms with van der Waals surface area (Å²) in [5.41, 5.74) is 0. The lowest BCUT2D eigenvalue weighted by atomic mass is 10.0. The number of esters is 2. The largest absolute Gasteiger partial charge is 0.756 e. The van der Waals surface area contributed by atoms with E-state index in [1.54, 1.807) is 0 Å². The Morgan fingerprint density at radius 2 is 0.600 bits per heavy atom.